The van der Waals surface area contributed by atoms with Gasteiger partial charge in [-0.15, -0.1) is 0 Å². The molecule has 0 saturated carbocycles. The van der Waals surface area contributed by atoms with Gasteiger partial charge in [-0.05, 0) is 13.5 Å². The average molecular weight is 127 g/mol. The van der Waals surface area contributed by atoms with Gasteiger partial charge in [0.25, 0.3) is 0 Å². The molecule has 9 heavy (non-hydrogen) atoms. The van der Waals surface area contributed by atoms with Crippen molar-refractivity contribution in [3.8, 4) is 0 Å². The molecule has 2 fully saturated rings. The molecule has 0 bridgehead atoms. The summed E-state index contributed by atoms with van der Waals surface area (Å²) >= 11 is 0. The highest BCUT2D eigenvalue weighted by Crippen LogP contribution is 2.27. The summed E-state index contributed by atoms with van der Waals surface area (Å²) in [5.74, 6) is 0.856. The second-order valence-electron chi connectivity index (χ2n) is 3.18. The van der Waals surface area contributed by atoms with E-state index in [-0.39, 0.29) is 0 Å². The van der Waals surface area contributed by atoms with Gasteiger partial charge in [-0.1, -0.05) is 0 Å². The molecule has 2 saturated heterocycles. The van der Waals surface area contributed by atoms with Gasteiger partial charge < -0.3 is 9.64 Å². The molecule has 2 nitrogen and oxygen atoms in total. The van der Waals surface area contributed by atoms with Crippen molar-refractivity contribution in [2.75, 3.05) is 26.7 Å². The maximum absolute atomic E-state index is 5.51. The van der Waals surface area contributed by atoms with E-state index < -0.39 is 0 Å². The zero-order valence-corrected chi connectivity index (χ0v) is 5.84. The summed E-state index contributed by atoms with van der Waals surface area (Å²) in [5, 5.41) is 0. The minimum Gasteiger partial charge on any atom is -0.377 e. The third-order valence-corrected chi connectivity index (χ3v) is 2.38. The topological polar surface area (TPSA) is 12.5 Å². The molecular weight excluding hydrogens is 114 g/mol. The fourth-order valence-corrected chi connectivity index (χ4v) is 1.89. The van der Waals surface area contributed by atoms with Gasteiger partial charge >= 0.3 is 0 Å². The predicted molar refractivity (Wildman–Crippen MR) is 35.3 cm³/mol. The van der Waals surface area contributed by atoms with Crippen molar-refractivity contribution < 1.29 is 4.74 Å². The average Bonchev–Trinajstić information content (AvgIpc) is 2.22. The zero-order valence-electron chi connectivity index (χ0n) is 5.84. The molecule has 2 heteroatoms. The number of fused-ring (bicyclic) bond motifs is 1. The molecule has 0 aliphatic carbocycles. The SMILES string of the molecule is CN1C[C@@H]2CCO[C@@H]2C1. The molecule has 0 radical (unpaired) electrons. The van der Waals surface area contributed by atoms with Crippen LogP contribution in [0.5, 0.6) is 0 Å². The molecule has 0 aromatic carbocycles. The van der Waals surface area contributed by atoms with E-state index >= 15 is 0 Å². The second-order valence-corrected chi connectivity index (χ2v) is 3.18. The summed E-state index contributed by atoms with van der Waals surface area (Å²) in [6.07, 6.45) is 1.87. The number of likely N-dealkylation sites (N-methyl/N-ethyl adjacent to an activating group) is 1. The standard InChI is InChI=1S/C7H13NO/c1-8-4-6-2-3-9-7(6)5-8/h6-7H,2-5H2,1H3/t6-,7+/m0/s1. The molecule has 0 unspecified atom stereocenters. The third-order valence-electron chi connectivity index (χ3n) is 2.38. The van der Waals surface area contributed by atoms with E-state index in [9.17, 15) is 0 Å². The van der Waals surface area contributed by atoms with Crippen molar-refractivity contribution >= 4 is 0 Å². The fraction of sp³-hybridized carbons (Fsp3) is 1.00. The zero-order chi connectivity index (χ0) is 6.27. The number of rotatable bonds is 0. The largest absolute Gasteiger partial charge is 0.377 e. The molecule has 0 N–H and O–H groups in total. The Labute approximate surface area is 55.8 Å². The third kappa shape index (κ3) is 0.864. The lowest BCUT2D eigenvalue weighted by atomic mass is 10.1. The van der Waals surface area contributed by atoms with Crippen molar-refractivity contribution in [2.24, 2.45) is 5.92 Å². The summed E-state index contributed by atoms with van der Waals surface area (Å²) in [6, 6.07) is 0. The Balaban J connectivity index is 2.02. The molecule has 2 aliphatic heterocycles. The Morgan fingerprint density at radius 2 is 2.33 bits per heavy atom. The van der Waals surface area contributed by atoms with E-state index in [1.807, 2.05) is 0 Å². The van der Waals surface area contributed by atoms with E-state index in [2.05, 4.69) is 11.9 Å². The van der Waals surface area contributed by atoms with E-state index in [0.717, 1.165) is 19.1 Å². The summed E-state index contributed by atoms with van der Waals surface area (Å²) in [4.78, 5) is 2.36. The van der Waals surface area contributed by atoms with Gasteiger partial charge in [0, 0.05) is 25.6 Å². The predicted octanol–water partition coefficient (Wildman–Crippen LogP) is 0.337. The van der Waals surface area contributed by atoms with Crippen LogP contribution in [0, 0.1) is 5.92 Å². The minimum atomic E-state index is 0.579. The van der Waals surface area contributed by atoms with Crippen LogP contribution in [0.4, 0.5) is 0 Å². The van der Waals surface area contributed by atoms with Gasteiger partial charge in [0.05, 0.1) is 6.10 Å². The highest BCUT2D eigenvalue weighted by atomic mass is 16.5. The Morgan fingerprint density at radius 1 is 1.44 bits per heavy atom. The van der Waals surface area contributed by atoms with Gasteiger partial charge in [0.15, 0.2) is 0 Å². The quantitative estimate of drug-likeness (QED) is 0.465. The van der Waals surface area contributed by atoms with Gasteiger partial charge in [-0.2, -0.15) is 0 Å². The molecular formula is C7H13NO. The first-order chi connectivity index (χ1) is 4.36. The van der Waals surface area contributed by atoms with E-state index in [1.165, 1.54) is 13.0 Å². The molecule has 2 aliphatic rings. The number of likely N-dealkylation sites (tertiary alicyclic amines) is 1. The smallest absolute Gasteiger partial charge is 0.0742 e. The first kappa shape index (κ1) is 5.69. The van der Waals surface area contributed by atoms with Gasteiger partial charge in [-0.3, -0.25) is 0 Å². The first-order valence-corrected chi connectivity index (χ1v) is 3.66. The van der Waals surface area contributed by atoms with Crippen LogP contribution in [0.2, 0.25) is 0 Å². The lowest BCUT2D eigenvalue weighted by Crippen LogP contribution is -2.17. The van der Waals surface area contributed by atoms with Crippen LogP contribution in [-0.4, -0.2) is 37.7 Å². The Hall–Kier alpha value is -0.0800. The van der Waals surface area contributed by atoms with Crippen LogP contribution in [0.15, 0.2) is 0 Å². The van der Waals surface area contributed by atoms with E-state index in [0.29, 0.717) is 6.10 Å². The normalized spacial score (nSPS) is 43.7. The summed E-state index contributed by atoms with van der Waals surface area (Å²) in [7, 11) is 2.17. The molecule has 0 amide bonds. The lowest BCUT2D eigenvalue weighted by Gasteiger charge is -2.07. The molecule has 0 aromatic rings. The molecule has 2 heterocycles. The maximum Gasteiger partial charge on any atom is 0.0742 e. The minimum absolute atomic E-state index is 0.579. The number of nitrogens with zero attached hydrogens (tertiary/aromatic N) is 1. The van der Waals surface area contributed by atoms with Crippen molar-refractivity contribution in [2.45, 2.75) is 12.5 Å². The molecule has 2 atom stereocenters. The highest BCUT2D eigenvalue weighted by Gasteiger charge is 2.35. The van der Waals surface area contributed by atoms with Crippen LogP contribution < -0.4 is 0 Å². The van der Waals surface area contributed by atoms with Crippen LogP contribution >= 0.6 is 0 Å². The van der Waals surface area contributed by atoms with Crippen molar-refractivity contribution in [3.05, 3.63) is 0 Å². The number of hydrogen-bond acceptors (Lipinski definition) is 2. The van der Waals surface area contributed by atoms with Crippen molar-refractivity contribution in [1.29, 1.82) is 0 Å². The van der Waals surface area contributed by atoms with Crippen LogP contribution in [0.3, 0.4) is 0 Å². The monoisotopic (exact) mass is 127 g/mol. The van der Waals surface area contributed by atoms with Crippen LogP contribution in [0.25, 0.3) is 0 Å². The Bertz CT molecular complexity index is 103. The number of hydrogen-bond donors (Lipinski definition) is 0. The van der Waals surface area contributed by atoms with Gasteiger partial charge in [0.2, 0.25) is 0 Å². The first-order valence-electron chi connectivity index (χ1n) is 3.66. The Morgan fingerprint density at radius 3 is 3.11 bits per heavy atom. The van der Waals surface area contributed by atoms with Crippen molar-refractivity contribution in [3.63, 3.8) is 0 Å². The Kier molecular flexibility index (Phi) is 1.24. The molecule has 0 aromatic heterocycles. The van der Waals surface area contributed by atoms with Crippen LogP contribution in [-0.2, 0) is 4.74 Å². The fourth-order valence-electron chi connectivity index (χ4n) is 1.89. The summed E-state index contributed by atoms with van der Waals surface area (Å²) in [6.45, 7) is 3.42. The van der Waals surface area contributed by atoms with Gasteiger partial charge in [0.1, 0.15) is 0 Å². The second kappa shape index (κ2) is 1.96. The van der Waals surface area contributed by atoms with Gasteiger partial charge in [-0.25, -0.2) is 0 Å². The lowest BCUT2D eigenvalue weighted by molar-refractivity contribution is 0.103. The highest BCUT2D eigenvalue weighted by molar-refractivity contribution is 4.86. The number of ether oxygens (including phenoxy) is 1. The van der Waals surface area contributed by atoms with Crippen molar-refractivity contribution in [1.82, 2.24) is 4.90 Å². The summed E-state index contributed by atoms with van der Waals surface area (Å²) < 4.78 is 5.51. The van der Waals surface area contributed by atoms with Crippen LogP contribution in [0.1, 0.15) is 6.42 Å². The molecule has 2 rings (SSSR count). The van der Waals surface area contributed by atoms with E-state index in [4.69, 9.17) is 4.74 Å². The molecule has 52 valence electrons. The summed E-state index contributed by atoms with van der Waals surface area (Å²) in [5.41, 5.74) is 0. The maximum atomic E-state index is 5.51. The molecule has 0 spiro atoms. The van der Waals surface area contributed by atoms with E-state index in [1.54, 1.807) is 0 Å².